The predicted molar refractivity (Wildman–Crippen MR) is 88.4 cm³/mol. The van der Waals surface area contributed by atoms with Crippen molar-refractivity contribution >= 4 is 17.5 Å². The van der Waals surface area contributed by atoms with Crippen LogP contribution < -0.4 is 15.5 Å². The molecule has 0 aromatic carbocycles. The zero-order valence-electron chi connectivity index (χ0n) is 13.6. The van der Waals surface area contributed by atoms with E-state index >= 15 is 0 Å². The maximum Gasteiger partial charge on any atom is 0.242 e. The van der Waals surface area contributed by atoms with E-state index < -0.39 is 0 Å². The van der Waals surface area contributed by atoms with Gasteiger partial charge >= 0.3 is 0 Å². The highest BCUT2D eigenvalue weighted by Crippen LogP contribution is 2.30. The van der Waals surface area contributed by atoms with Gasteiger partial charge in [-0.15, -0.1) is 0 Å². The molecule has 1 saturated carbocycles. The average molecular weight is 316 g/mol. The number of carbonyl (C=O) groups is 1. The Morgan fingerprint density at radius 1 is 1.22 bits per heavy atom. The Hall–Kier alpha value is -1.89. The number of aromatic nitrogens is 2. The highest BCUT2D eigenvalue weighted by molar-refractivity contribution is 5.84. The Kier molecular flexibility index (Phi) is 3.80. The van der Waals surface area contributed by atoms with E-state index in [9.17, 15) is 4.79 Å². The van der Waals surface area contributed by atoms with Crippen molar-refractivity contribution in [2.24, 2.45) is 0 Å². The maximum absolute atomic E-state index is 12.6. The summed E-state index contributed by atoms with van der Waals surface area (Å²) in [7, 11) is 1.94. The maximum atomic E-state index is 12.6. The molecule has 2 fully saturated rings. The summed E-state index contributed by atoms with van der Waals surface area (Å²) >= 11 is 0. The summed E-state index contributed by atoms with van der Waals surface area (Å²) in [6.07, 6.45) is 6.57. The number of fused-ring (bicyclic) bond motifs is 1. The lowest BCUT2D eigenvalue weighted by Crippen LogP contribution is -2.59. The fourth-order valence-electron chi connectivity index (χ4n) is 3.72. The predicted octanol–water partition coefficient (Wildman–Crippen LogP) is 0.581. The number of hydrogen-bond acceptors (Lipinski definition) is 6. The molecule has 1 aliphatic carbocycles. The minimum atomic E-state index is 0.170. The topological polar surface area (TPSA) is 73.4 Å². The second-order valence-electron chi connectivity index (χ2n) is 6.84. The van der Waals surface area contributed by atoms with Gasteiger partial charge in [0.15, 0.2) is 0 Å². The van der Waals surface area contributed by atoms with Gasteiger partial charge in [0.25, 0.3) is 0 Å². The first kappa shape index (κ1) is 14.7. The molecule has 0 unspecified atom stereocenters. The van der Waals surface area contributed by atoms with E-state index in [-0.39, 0.29) is 5.91 Å². The lowest BCUT2D eigenvalue weighted by Gasteiger charge is -2.37. The highest BCUT2D eigenvalue weighted by Gasteiger charge is 2.34. The average Bonchev–Trinajstić information content (AvgIpc) is 2.94. The molecule has 1 aromatic rings. The minimum absolute atomic E-state index is 0.170. The second kappa shape index (κ2) is 5.96. The molecule has 124 valence electrons. The second-order valence-corrected chi connectivity index (χ2v) is 6.84. The van der Waals surface area contributed by atoms with Crippen LogP contribution in [-0.4, -0.2) is 59.5 Å². The van der Waals surface area contributed by atoms with Gasteiger partial charge in [0, 0.05) is 26.2 Å². The third-order valence-corrected chi connectivity index (χ3v) is 5.20. The first-order chi connectivity index (χ1) is 11.2. The van der Waals surface area contributed by atoms with E-state index in [1.807, 2.05) is 16.8 Å². The van der Waals surface area contributed by atoms with Crippen LogP contribution in [-0.2, 0) is 11.3 Å². The van der Waals surface area contributed by atoms with Gasteiger partial charge in [-0.2, -0.15) is 0 Å². The molecule has 2 N–H and O–H groups in total. The number of anilines is 2. The third-order valence-electron chi connectivity index (χ3n) is 5.20. The molecule has 23 heavy (non-hydrogen) atoms. The summed E-state index contributed by atoms with van der Waals surface area (Å²) < 4.78 is 0. The van der Waals surface area contributed by atoms with Crippen LogP contribution in [0.1, 0.15) is 31.2 Å². The van der Waals surface area contributed by atoms with Crippen LogP contribution in [0.5, 0.6) is 0 Å². The Bertz CT molecular complexity index is 596. The molecule has 7 nitrogen and oxygen atoms in total. The van der Waals surface area contributed by atoms with Crippen molar-refractivity contribution in [3.63, 3.8) is 0 Å². The van der Waals surface area contributed by atoms with Gasteiger partial charge in [0.05, 0.1) is 24.7 Å². The van der Waals surface area contributed by atoms with Crippen LogP contribution in [0.25, 0.3) is 0 Å². The van der Waals surface area contributed by atoms with Crippen molar-refractivity contribution in [3.05, 3.63) is 11.9 Å². The standard InChI is InChI=1S/C16H24N6O/c1-21-9-14(23)22(12-6-17-7-12)8-13-15(18-10-19-16(13)21)20-11-4-2-3-5-11/h10-12,17H,2-9H2,1H3,(H,18,19,20). The van der Waals surface area contributed by atoms with Gasteiger partial charge in [0.1, 0.15) is 18.0 Å². The van der Waals surface area contributed by atoms with Gasteiger partial charge in [-0.1, -0.05) is 12.8 Å². The molecule has 0 bridgehead atoms. The first-order valence-corrected chi connectivity index (χ1v) is 8.54. The summed E-state index contributed by atoms with van der Waals surface area (Å²) in [6, 6.07) is 0.790. The number of carbonyl (C=O) groups excluding carboxylic acids is 1. The Morgan fingerprint density at radius 2 is 2.00 bits per heavy atom. The Labute approximate surface area is 136 Å². The smallest absolute Gasteiger partial charge is 0.242 e. The molecule has 1 amide bonds. The monoisotopic (exact) mass is 316 g/mol. The summed E-state index contributed by atoms with van der Waals surface area (Å²) in [5, 5.41) is 6.85. The zero-order valence-corrected chi connectivity index (χ0v) is 13.6. The highest BCUT2D eigenvalue weighted by atomic mass is 16.2. The first-order valence-electron chi connectivity index (χ1n) is 8.54. The summed E-state index contributed by atoms with van der Waals surface area (Å²) in [6.45, 7) is 2.73. The SMILES string of the molecule is CN1CC(=O)N(C2CNC2)Cc2c(NC3CCCC3)ncnc21. The molecule has 0 atom stereocenters. The fourth-order valence-corrected chi connectivity index (χ4v) is 3.72. The van der Waals surface area contributed by atoms with E-state index in [0.29, 0.717) is 25.2 Å². The van der Waals surface area contributed by atoms with Crippen molar-refractivity contribution in [3.8, 4) is 0 Å². The molecule has 4 rings (SSSR count). The molecule has 1 saturated heterocycles. The van der Waals surface area contributed by atoms with E-state index in [1.165, 1.54) is 25.7 Å². The summed E-state index contributed by atoms with van der Waals surface area (Å²) in [5.74, 6) is 1.95. The number of amides is 1. The molecule has 0 radical (unpaired) electrons. The zero-order chi connectivity index (χ0) is 15.8. The number of nitrogens with one attached hydrogen (secondary N) is 2. The molecule has 7 heteroatoms. The van der Waals surface area contributed by atoms with Gasteiger partial charge in [0.2, 0.25) is 5.91 Å². The Balaban J connectivity index is 1.65. The van der Waals surface area contributed by atoms with E-state index in [4.69, 9.17) is 0 Å². The van der Waals surface area contributed by atoms with Gasteiger partial charge in [-0.25, -0.2) is 9.97 Å². The van der Waals surface area contributed by atoms with Crippen molar-refractivity contribution in [1.29, 1.82) is 0 Å². The number of hydrogen-bond donors (Lipinski definition) is 2. The minimum Gasteiger partial charge on any atom is -0.367 e. The van der Waals surface area contributed by atoms with Gasteiger partial charge < -0.3 is 20.4 Å². The van der Waals surface area contributed by atoms with Crippen LogP contribution in [0.2, 0.25) is 0 Å². The van der Waals surface area contributed by atoms with Crippen LogP contribution in [0.4, 0.5) is 11.6 Å². The van der Waals surface area contributed by atoms with Crippen molar-refractivity contribution < 1.29 is 4.79 Å². The lowest BCUT2D eigenvalue weighted by atomic mass is 10.1. The molecular weight excluding hydrogens is 292 g/mol. The molecule has 0 spiro atoms. The lowest BCUT2D eigenvalue weighted by molar-refractivity contribution is -0.133. The van der Waals surface area contributed by atoms with E-state index in [0.717, 1.165) is 30.3 Å². The van der Waals surface area contributed by atoms with Crippen molar-refractivity contribution in [2.45, 2.75) is 44.3 Å². The molecule has 2 aliphatic heterocycles. The number of rotatable bonds is 3. The van der Waals surface area contributed by atoms with Crippen molar-refractivity contribution in [1.82, 2.24) is 20.2 Å². The van der Waals surface area contributed by atoms with E-state index in [1.54, 1.807) is 6.33 Å². The molecule has 3 heterocycles. The van der Waals surface area contributed by atoms with Crippen LogP contribution in [0.15, 0.2) is 6.33 Å². The van der Waals surface area contributed by atoms with Gasteiger partial charge in [-0.05, 0) is 12.8 Å². The van der Waals surface area contributed by atoms with E-state index in [2.05, 4.69) is 20.6 Å². The third kappa shape index (κ3) is 2.73. The van der Waals surface area contributed by atoms with Crippen LogP contribution in [0.3, 0.4) is 0 Å². The summed E-state index contributed by atoms with van der Waals surface area (Å²) in [5.41, 5.74) is 1.06. The van der Waals surface area contributed by atoms with Gasteiger partial charge in [-0.3, -0.25) is 4.79 Å². The van der Waals surface area contributed by atoms with Crippen LogP contribution >= 0.6 is 0 Å². The number of likely N-dealkylation sites (N-methyl/N-ethyl adjacent to an activating group) is 1. The van der Waals surface area contributed by atoms with Crippen molar-refractivity contribution in [2.75, 3.05) is 36.9 Å². The molecule has 3 aliphatic rings. The summed E-state index contributed by atoms with van der Waals surface area (Å²) in [4.78, 5) is 25.4. The number of nitrogens with zero attached hydrogens (tertiary/aromatic N) is 4. The van der Waals surface area contributed by atoms with Crippen LogP contribution in [0, 0.1) is 0 Å². The Morgan fingerprint density at radius 3 is 2.70 bits per heavy atom. The molecular formula is C16H24N6O. The quantitative estimate of drug-likeness (QED) is 0.850. The normalized spacial score (nSPS) is 22.7. The largest absolute Gasteiger partial charge is 0.367 e. The fraction of sp³-hybridized carbons (Fsp3) is 0.688. The molecule has 1 aromatic heterocycles.